The first-order chi connectivity index (χ1) is 8.16. The van der Waals surface area contributed by atoms with E-state index in [4.69, 9.17) is 0 Å². The number of anilines is 1. The number of nitrogens with zero attached hydrogens (tertiary/aromatic N) is 3. The van der Waals surface area contributed by atoms with E-state index in [0.717, 1.165) is 0 Å². The second-order valence-corrected chi connectivity index (χ2v) is 3.60. The van der Waals surface area contributed by atoms with Gasteiger partial charge in [0.05, 0.1) is 6.20 Å². The molecule has 2 N–H and O–H groups in total. The number of hydrogen-bond donors (Lipinski definition) is 2. The molecule has 0 unspecified atom stereocenters. The van der Waals surface area contributed by atoms with Crippen molar-refractivity contribution < 1.29 is 9.90 Å². The minimum atomic E-state index is -0.218. The molecule has 0 atom stereocenters. The summed E-state index contributed by atoms with van der Waals surface area (Å²) in [5.74, 6) is -0.0623. The van der Waals surface area contributed by atoms with Gasteiger partial charge in [0.2, 0.25) is 5.91 Å². The molecule has 0 saturated carbocycles. The monoisotopic (exact) mass is 232 g/mol. The van der Waals surface area contributed by atoms with Gasteiger partial charge in [0.25, 0.3) is 0 Å². The van der Waals surface area contributed by atoms with E-state index >= 15 is 0 Å². The summed E-state index contributed by atoms with van der Waals surface area (Å²) in [6.45, 7) is 1.83. The second kappa shape index (κ2) is 4.65. The minimum absolute atomic E-state index is 0.0924. The van der Waals surface area contributed by atoms with E-state index in [0.29, 0.717) is 11.3 Å². The van der Waals surface area contributed by atoms with Gasteiger partial charge in [0.1, 0.15) is 12.3 Å². The van der Waals surface area contributed by atoms with Crippen LogP contribution in [-0.4, -0.2) is 26.0 Å². The van der Waals surface area contributed by atoms with Crippen molar-refractivity contribution in [2.24, 2.45) is 0 Å². The highest BCUT2D eigenvalue weighted by Gasteiger charge is 2.07. The standard InChI is InChI=1S/C11H12N4O2/c1-8-9(3-2-4-10(8)16)13-11(17)7-15-6-5-12-14-15/h2-6,16H,7H2,1H3,(H,13,17). The number of carbonyl (C=O) groups is 1. The molecular formula is C11H12N4O2. The number of phenolic OH excluding ortho intramolecular Hbond substituents is 1. The van der Waals surface area contributed by atoms with Crippen LogP contribution in [0.5, 0.6) is 5.75 Å². The summed E-state index contributed by atoms with van der Waals surface area (Å²) < 4.78 is 1.42. The fourth-order valence-electron chi connectivity index (χ4n) is 1.41. The van der Waals surface area contributed by atoms with Gasteiger partial charge in [-0.05, 0) is 19.1 Å². The van der Waals surface area contributed by atoms with E-state index in [9.17, 15) is 9.90 Å². The van der Waals surface area contributed by atoms with Gasteiger partial charge in [-0.25, -0.2) is 4.68 Å². The minimum Gasteiger partial charge on any atom is -0.508 e. The Kier molecular flexibility index (Phi) is 3.04. The van der Waals surface area contributed by atoms with E-state index in [1.54, 1.807) is 31.3 Å². The molecule has 0 aliphatic heterocycles. The molecule has 1 heterocycles. The van der Waals surface area contributed by atoms with Gasteiger partial charge in [-0.2, -0.15) is 0 Å². The Labute approximate surface area is 97.9 Å². The molecular weight excluding hydrogens is 220 g/mol. The van der Waals surface area contributed by atoms with E-state index in [1.807, 2.05) is 0 Å². The number of aromatic nitrogens is 3. The lowest BCUT2D eigenvalue weighted by Crippen LogP contribution is -2.19. The van der Waals surface area contributed by atoms with E-state index < -0.39 is 0 Å². The van der Waals surface area contributed by atoms with Crippen molar-refractivity contribution in [1.29, 1.82) is 0 Å². The predicted octanol–water partition coefficient (Wildman–Crippen LogP) is 0.931. The number of aromatic hydroxyl groups is 1. The number of nitrogens with one attached hydrogen (secondary N) is 1. The maximum absolute atomic E-state index is 11.7. The van der Waals surface area contributed by atoms with Crippen LogP contribution in [0, 0.1) is 6.92 Å². The van der Waals surface area contributed by atoms with E-state index in [2.05, 4.69) is 15.6 Å². The molecule has 1 aromatic carbocycles. The van der Waals surface area contributed by atoms with Crippen molar-refractivity contribution in [1.82, 2.24) is 15.0 Å². The summed E-state index contributed by atoms with van der Waals surface area (Å²) in [6, 6.07) is 4.98. The topological polar surface area (TPSA) is 80.0 Å². The molecule has 2 aromatic rings. The number of phenols is 1. The maximum Gasteiger partial charge on any atom is 0.246 e. The highest BCUT2D eigenvalue weighted by atomic mass is 16.3. The van der Waals surface area contributed by atoms with Gasteiger partial charge >= 0.3 is 0 Å². The van der Waals surface area contributed by atoms with Crippen LogP contribution in [0.25, 0.3) is 0 Å². The van der Waals surface area contributed by atoms with E-state index in [-0.39, 0.29) is 18.2 Å². The summed E-state index contributed by atoms with van der Waals surface area (Å²) in [7, 11) is 0. The molecule has 0 bridgehead atoms. The average molecular weight is 232 g/mol. The van der Waals surface area contributed by atoms with Crippen molar-refractivity contribution in [3.8, 4) is 5.75 Å². The summed E-state index contributed by atoms with van der Waals surface area (Å²) >= 11 is 0. The Morgan fingerprint density at radius 1 is 1.53 bits per heavy atom. The van der Waals surface area contributed by atoms with Crippen LogP contribution >= 0.6 is 0 Å². The average Bonchev–Trinajstić information content (AvgIpc) is 2.77. The number of carbonyl (C=O) groups excluding carboxylic acids is 1. The molecule has 0 spiro atoms. The Bertz CT molecular complexity index is 522. The molecule has 2 rings (SSSR count). The van der Waals surface area contributed by atoms with Gasteiger partial charge in [-0.1, -0.05) is 11.3 Å². The number of benzene rings is 1. The fraction of sp³-hybridized carbons (Fsp3) is 0.182. The van der Waals surface area contributed by atoms with Crippen LogP contribution in [0.4, 0.5) is 5.69 Å². The van der Waals surface area contributed by atoms with Gasteiger partial charge in [-0.3, -0.25) is 4.79 Å². The Morgan fingerprint density at radius 3 is 3.06 bits per heavy atom. The molecule has 0 aliphatic carbocycles. The zero-order valence-electron chi connectivity index (χ0n) is 9.29. The van der Waals surface area contributed by atoms with Crippen LogP contribution in [0.1, 0.15) is 5.56 Å². The van der Waals surface area contributed by atoms with Crippen molar-refractivity contribution in [3.05, 3.63) is 36.2 Å². The number of amides is 1. The van der Waals surface area contributed by atoms with Crippen LogP contribution < -0.4 is 5.32 Å². The fourth-order valence-corrected chi connectivity index (χ4v) is 1.41. The summed E-state index contributed by atoms with van der Waals surface area (Å²) in [5.41, 5.74) is 1.23. The SMILES string of the molecule is Cc1c(O)cccc1NC(=O)Cn1ccnn1. The molecule has 0 saturated heterocycles. The molecule has 0 aliphatic rings. The third-order valence-electron chi connectivity index (χ3n) is 2.36. The van der Waals surface area contributed by atoms with Crippen LogP contribution in [0.15, 0.2) is 30.6 Å². The van der Waals surface area contributed by atoms with Crippen LogP contribution in [0.3, 0.4) is 0 Å². The first-order valence-electron chi connectivity index (χ1n) is 5.09. The summed E-state index contributed by atoms with van der Waals surface area (Å²) in [4.78, 5) is 11.7. The predicted molar refractivity (Wildman–Crippen MR) is 61.5 cm³/mol. The number of hydrogen-bond acceptors (Lipinski definition) is 4. The lowest BCUT2D eigenvalue weighted by Gasteiger charge is -2.09. The lowest BCUT2D eigenvalue weighted by atomic mass is 10.2. The van der Waals surface area contributed by atoms with Gasteiger partial charge < -0.3 is 10.4 Å². The smallest absolute Gasteiger partial charge is 0.246 e. The zero-order chi connectivity index (χ0) is 12.3. The maximum atomic E-state index is 11.7. The molecule has 1 aromatic heterocycles. The van der Waals surface area contributed by atoms with Crippen LogP contribution in [0.2, 0.25) is 0 Å². The van der Waals surface area contributed by atoms with Crippen molar-refractivity contribution in [2.75, 3.05) is 5.32 Å². The first-order valence-corrected chi connectivity index (χ1v) is 5.09. The van der Waals surface area contributed by atoms with E-state index in [1.165, 1.54) is 10.9 Å². The first kappa shape index (κ1) is 11.1. The molecule has 17 heavy (non-hydrogen) atoms. The highest BCUT2D eigenvalue weighted by Crippen LogP contribution is 2.23. The van der Waals surface area contributed by atoms with Crippen molar-refractivity contribution >= 4 is 11.6 Å². The van der Waals surface area contributed by atoms with Gasteiger partial charge in [-0.15, -0.1) is 5.10 Å². The second-order valence-electron chi connectivity index (χ2n) is 3.60. The third kappa shape index (κ3) is 2.60. The van der Waals surface area contributed by atoms with Gasteiger partial charge in [0.15, 0.2) is 0 Å². The van der Waals surface area contributed by atoms with Crippen LogP contribution in [-0.2, 0) is 11.3 Å². The van der Waals surface area contributed by atoms with Crippen molar-refractivity contribution in [3.63, 3.8) is 0 Å². The zero-order valence-corrected chi connectivity index (χ0v) is 9.29. The largest absolute Gasteiger partial charge is 0.508 e. The number of rotatable bonds is 3. The molecule has 1 amide bonds. The quantitative estimate of drug-likeness (QED) is 0.825. The Balaban J connectivity index is 2.06. The van der Waals surface area contributed by atoms with Gasteiger partial charge in [0, 0.05) is 17.4 Å². The molecule has 6 heteroatoms. The molecule has 0 fully saturated rings. The molecule has 6 nitrogen and oxygen atoms in total. The molecule has 88 valence electrons. The lowest BCUT2D eigenvalue weighted by molar-refractivity contribution is -0.116. The summed E-state index contributed by atoms with van der Waals surface area (Å²) in [6.07, 6.45) is 3.11. The van der Waals surface area contributed by atoms with Crippen molar-refractivity contribution in [2.45, 2.75) is 13.5 Å². The summed E-state index contributed by atoms with van der Waals surface area (Å²) in [5, 5.41) is 19.5. The third-order valence-corrected chi connectivity index (χ3v) is 2.36. The Morgan fingerprint density at radius 2 is 2.35 bits per heavy atom. The normalized spacial score (nSPS) is 10.2. The Hall–Kier alpha value is -2.37. The highest BCUT2D eigenvalue weighted by molar-refractivity contribution is 5.91. The molecule has 0 radical (unpaired) electrons.